The molecule has 0 aromatic heterocycles. The van der Waals surface area contributed by atoms with E-state index in [0.29, 0.717) is 35.5 Å². The van der Waals surface area contributed by atoms with E-state index in [4.69, 9.17) is 0 Å². The standard InChI is InChI=1S/C18H21N3O5S2/c1-27(23,24)20-17-6-3-2-5-15(17)13-19-18(22)14-7-9-16(10-8-14)21-11-4-12-28(21,25)26/h2-3,5-10,20H,4,11-13H2,1H3,(H,19,22). The van der Waals surface area contributed by atoms with Gasteiger partial charge in [-0.2, -0.15) is 0 Å². The Bertz CT molecular complexity index is 1080. The summed E-state index contributed by atoms with van der Waals surface area (Å²) in [6.07, 6.45) is 1.65. The van der Waals surface area contributed by atoms with Crippen molar-refractivity contribution in [3.05, 3.63) is 59.7 Å². The van der Waals surface area contributed by atoms with E-state index in [1.165, 1.54) is 4.31 Å². The summed E-state index contributed by atoms with van der Waals surface area (Å²) in [5.74, 6) is -0.208. The lowest BCUT2D eigenvalue weighted by atomic mass is 10.1. The van der Waals surface area contributed by atoms with Crippen LogP contribution in [0, 0.1) is 0 Å². The minimum atomic E-state index is -3.43. The molecule has 0 saturated carbocycles. The van der Waals surface area contributed by atoms with Gasteiger partial charge in [0.1, 0.15) is 0 Å². The molecule has 2 aromatic rings. The van der Waals surface area contributed by atoms with Crippen molar-refractivity contribution in [2.45, 2.75) is 13.0 Å². The number of benzene rings is 2. The van der Waals surface area contributed by atoms with Gasteiger partial charge in [-0.05, 0) is 42.3 Å². The van der Waals surface area contributed by atoms with Crippen LogP contribution in [-0.2, 0) is 26.6 Å². The number of sulfonamides is 2. The summed E-state index contributed by atoms with van der Waals surface area (Å²) in [6, 6.07) is 13.1. The molecule has 150 valence electrons. The van der Waals surface area contributed by atoms with Crippen LogP contribution in [0.5, 0.6) is 0 Å². The summed E-state index contributed by atoms with van der Waals surface area (Å²) in [5.41, 5.74) is 1.95. The molecule has 1 aliphatic heterocycles. The van der Waals surface area contributed by atoms with E-state index >= 15 is 0 Å². The maximum absolute atomic E-state index is 12.4. The van der Waals surface area contributed by atoms with Crippen molar-refractivity contribution in [2.75, 3.05) is 27.6 Å². The zero-order valence-electron chi connectivity index (χ0n) is 15.3. The predicted octanol–water partition coefficient (Wildman–Crippen LogP) is 1.53. The number of nitrogens with one attached hydrogen (secondary N) is 2. The second-order valence-electron chi connectivity index (χ2n) is 6.50. The highest BCUT2D eigenvalue weighted by atomic mass is 32.2. The molecule has 0 spiro atoms. The number of rotatable bonds is 6. The molecule has 1 heterocycles. The van der Waals surface area contributed by atoms with Crippen LogP contribution >= 0.6 is 0 Å². The molecule has 1 aliphatic rings. The second kappa shape index (κ2) is 7.80. The fourth-order valence-electron chi connectivity index (χ4n) is 2.96. The van der Waals surface area contributed by atoms with E-state index in [1.807, 2.05) is 0 Å². The van der Waals surface area contributed by atoms with Crippen LogP contribution in [0.2, 0.25) is 0 Å². The van der Waals surface area contributed by atoms with Crippen molar-refractivity contribution in [3.63, 3.8) is 0 Å². The summed E-state index contributed by atoms with van der Waals surface area (Å²) < 4.78 is 50.6. The first-order valence-electron chi connectivity index (χ1n) is 8.60. The minimum absolute atomic E-state index is 0.135. The molecule has 10 heteroatoms. The molecule has 0 bridgehead atoms. The molecule has 28 heavy (non-hydrogen) atoms. The zero-order valence-corrected chi connectivity index (χ0v) is 16.9. The number of hydrogen-bond acceptors (Lipinski definition) is 5. The second-order valence-corrected chi connectivity index (χ2v) is 10.3. The summed E-state index contributed by atoms with van der Waals surface area (Å²) in [5, 5.41) is 2.74. The molecule has 1 saturated heterocycles. The fourth-order valence-corrected chi connectivity index (χ4v) is 5.12. The first kappa shape index (κ1) is 20.2. The molecule has 2 aromatic carbocycles. The van der Waals surface area contributed by atoms with Gasteiger partial charge in [0, 0.05) is 18.7 Å². The van der Waals surface area contributed by atoms with Gasteiger partial charge in [-0.1, -0.05) is 18.2 Å². The van der Waals surface area contributed by atoms with Gasteiger partial charge in [-0.15, -0.1) is 0 Å². The predicted molar refractivity (Wildman–Crippen MR) is 108 cm³/mol. The minimum Gasteiger partial charge on any atom is -0.348 e. The molecule has 0 radical (unpaired) electrons. The Morgan fingerprint density at radius 2 is 1.79 bits per heavy atom. The van der Waals surface area contributed by atoms with Crippen LogP contribution in [0.1, 0.15) is 22.3 Å². The van der Waals surface area contributed by atoms with Crippen LogP contribution in [0.4, 0.5) is 11.4 Å². The van der Waals surface area contributed by atoms with Crippen LogP contribution in [-0.4, -0.2) is 41.3 Å². The molecule has 1 amide bonds. The molecular weight excluding hydrogens is 402 g/mol. The SMILES string of the molecule is CS(=O)(=O)Nc1ccccc1CNC(=O)c1ccc(N2CCCS2(=O)=O)cc1. The molecule has 0 aliphatic carbocycles. The lowest BCUT2D eigenvalue weighted by Crippen LogP contribution is -2.26. The Kier molecular flexibility index (Phi) is 5.61. The van der Waals surface area contributed by atoms with E-state index in [0.717, 1.165) is 6.26 Å². The highest BCUT2D eigenvalue weighted by molar-refractivity contribution is 7.93. The number of para-hydroxylation sites is 1. The molecule has 8 nitrogen and oxygen atoms in total. The number of amides is 1. The molecular formula is C18H21N3O5S2. The average molecular weight is 424 g/mol. The third-order valence-corrected chi connectivity index (χ3v) is 6.73. The van der Waals surface area contributed by atoms with E-state index in [-0.39, 0.29) is 18.2 Å². The third kappa shape index (κ3) is 4.82. The van der Waals surface area contributed by atoms with Gasteiger partial charge in [0.25, 0.3) is 5.91 Å². The summed E-state index contributed by atoms with van der Waals surface area (Å²) in [6.45, 7) is 0.581. The molecule has 3 rings (SSSR count). The monoisotopic (exact) mass is 423 g/mol. The van der Waals surface area contributed by atoms with E-state index < -0.39 is 20.0 Å². The Morgan fingerprint density at radius 1 is 1.11 bits per heavy atom. The number of anilines is 2. The highest BCUT2D eigenvalue weighted by Gasteiger charge is 2.28. The fraction of sp³-hybridized carbons (Fsp3) is 0.278. The van der Waals surface area contributed by atoms with Gasteiger partial charge in [0.15, 0.2) is 0 Å². The number of carbonyl (C=O) groups is 1. The summed E-state index contributed by atoms with van der Waals surface area (Å²) >= 11 is 0. The van der Waals surface area contributed by atoms with Crippen LogP contribution in [0.3, 0.4) is 0 Å². The van der Waals surface area contributed by atoms with Crippen molar-refractivity contribution >= 4 is 37.3 Å². The largest absolute Gasteiger partial charge is 0.348 e. The van der Waals surface area contributed by atoms with Crippen LogP contribution in [0.25, 0.3) is 0 Å². The molecule has 0 unspecified atom stereocenters. The maximum atomic E-state index is 12.4. The Balaban J connectivity index is 1.68. The lowest BCUT2D eigenvalue weighted by molar-refractivity contribution is 0.0951. The Morgan fingerprint density at radius 3 is 2.39 bits per heavy atom. The van der Waals surface area contributed by atoms with E-state index in [2.05, 4.69) is 10.0 Å². The van der Waals surface area contributed by atoms with E-state index in [9.17, 15) is 21.6 Å². The Hall–Kier alpha value is -2.59. The van der Waals surface area contributed by atoms with Gasteiger partial charge < -0.3 is 5.32 Å². The molecule has 0 atom stereocenters. The van der Waals surface area contributed by atoms with Gasteiger partial charge in [0.05, 0.1) is 23.4 Å². The van der Waals surface area contributed by atoms with Gasteiger partial charge in [0.2, 0.25) is 20.0 Å². The van der Waals surface area contributed by atoms with E-state index in [1.54, 1.807) is 48.5 Å². The highest BCUT2D eigenvalue weighted by Crippen LogP contribution is 2.24. The van der Waals surface area contributed by atoms with Crippen molar-refractivity contribution in [2.24, 2.45) is 0 Å². The van der Waals surface area contributed by atoms with Crippen molar-refractivity contribution in [3.8, 4) is 0 Å². The van der Waals surface area contributed by atoms with Gasteiger partial charge in [-0.3, -0.25) is 13.8 Å². The average Bonchev–Trinajstić information content (AvgIpc) is 2.98. The number of nitrogens with zero attached hydrogens (tertiary/aromatic N) is 1. The quantitative estimate of drug-likeness (QED) is 0.732. The number of hydrogen-bond donors (Lipinski definition) is 2. The van der Waals surface area contributed by atoms with Gasteiger partial charge in [-0.25, -0.2) is 16.8 Å². The van der Waals surface area contributed by atoms with Crippen molar-refractivity contribution < 1.29 is 21.6 Å². The molecule has 1 fully saturated rings. The summed E-state index contributed by atoms with van der Waals surface area (Å²) in [4.78, 5) is 12.4. The zero-order chi connectivity index (χ0) is 20.4. The maximum Gasteiger partial charge on any atom is 0.251 e. The first-order valence-corrected chi connectivity index (χ1v) is 12.1. The topological polar surface area (TPSA) is 113 Å². The van der Waals surface area contributed by atoms with Gasteiger partial charge >= 0.3 is 0 Å². The van der Waals surface area contributed by atoms with Crippen molar-refractivity contribution in [1.29, 1.82) is 0 Å². The Labute approximate surface area is 164 Å². The van der Waals surface area contributed by atoms with Crippen LogP contribution in [0.15, 0.2) is 48.5 Å². The van der Waals surface area contributed by atoms with Crippen LogP contribution < -0.4 is 14.3 Å². The third-order valence-electron chi connectivity index (χ3n) is 4.27. The smallest absolute Gasteiger partial charge is 0.251 e. The summed E-state index contributed by atoms with van der Waals surface area (Å²) in [7, 11) is -6.69. The number of carbonyl (C=O) groups excluding carboxylic acids is 1. The first-order chi connectivity index (χ1) is 13.2. The lowest BCUT2D eigenvalue weighted by Gasteiger charge is -2.17. The normalized spacial score (nSPS) is 16.0. The molecule has 2 N–H and O–H groups in total. The van der Waals surface area contributed by atoms with Crippen molar-refractivity contribution in [1.82, 2.24) is 5.32 Å².